The molecular weight excluding hydrogens is 440 g/mol. The Hall–Kier alpha value is -2.38. The molecule has 1 fully saturated rings. The molecule has 1 saturated heterocycles. The van der Waals surface area contributed by atoms with Gasteiger partial charge in [-0.1, -0.05) is 0 Å². The smallest absolute Gasteiger partial charge is 0.326 e. The molecule has 0 bridgehead atoms. The molecule has 0 spiro atoms. The first-order valence-electron chi connectivity index (χ1n) is 10.6. The van der Waals surface area contributed by atoms with E-state index in [2.05, 4.69) is 23.3 Å². The number of hydrogen-bond donors (Lipinski definition) is 7. The summed E-state index contributed by atoms with van der Waals surface area (Å²) >= 11 is 4.13. The molecule has 0 saturated carbocycles. The van der Waals surface area contributed by atoms with Crippen molar-refractivity contribution >= 4 is 42.2 Å². The number of aliphatic carboxylic acids is 1. The first-order chi connectivity index (χ1) is 15.1. The Morgan fingerprint density at radius 2 is 1.72 bits per heavy atom. The summed E-state index contributed by atoms with van der Waals surface area (Å²) in [5, 5.41) is 14.4. The summed E-state index contributed by atoms with van der Waals surface area (Å²) in [4.78, 5) is 61.6. The van der Waals surface area contributed by atoms with Gasteiger partial charge in [0.05, 0.1) is 6.04 Å². The largest absolute Gasteiger partial charge is 0.480 e. The summed E-state index contributed by atoms with van der Waals surface area (Å²) in [6.07, 6.45) is 2.27. The lowest BCUT2D eigenvalue weighted by Gasteiger charge is -2.28. The van der Waals surface area contributed by atoms with E-state index in [0.717, 1.165) is 0 Å². The second kappa shape index (κ2) is 13.9. The van der Waals surface area contributed by atoms with Crippen LogP contribution in [0.5, 0.6) is 0 Å². The maximum Gasteiger partial charge on any atom is 0.326 e. The molecule has 0 aliphatic carbocycles. The predicted octanol–water partition coefficient (Wildman–Crippen LogP) is -2.32. The zero-order chi connectivity index (χ0) is 24.3. The van der Waals surface area contributed by atoms with Gasteiger partial charge in [0.25, 0.3) is 0 Å². The van der Waals surface area contributed by atoms with E-state index >= 15 is 0 Å². The van der Waals surface area contributed by atoms with Crippen LogP contribution in [0.4, 0.5) is 0 Å². The van der Waals surface area contributed by atoms with Crippen molar-refractivity contribution in [2.24, 2.45) is 17.2 Å². The van der Waals surface area contributed by atoms with E-state index in [0.29, 0.717) is 32.2 Å². The summed E-state index contributed by atoms with van der Waals surface area (Å²) in [6, 6.07) is -4.01. The van der Waals surface area contributed by atoms with E-state index in [9.17, 15) is 29.1 Å². The van der Waals surface area contributed by atoms with Crippen LogP contribution in [0, 0.1) is 0 Å². The van der Waals surface area contributed by atoms with E-state index in [1.54, 1.807) is 0 Å². The molecule has 0 aromatic heterocycles. The fourth-order valence-electron chi connectivity index (χ4n) is 3.41. The molecule has 4 amide bonds. The molecule has 13 heteroatoms. The first kappa shape index (κ1) is 27.7. The number of primary amides is 1. The molecule has 9 N–H and O–H groups in total. The summed E-state index contributed by atoms with van der Waals surface area (Å²) in [5.41, 5.74) is 16.3. The quantitative estimate of drug-likeness (QED) is 0.107. The van der Waals surface area contributed by atoms with Gasteiger partial charge in [-0.2, -0.15) is 12.6 Å². The van der Waals surface area contributed by atoms with Crippen LogP contribution in [-0.2, 0) is 24.0 Å². The second-order valence-electron chi connectivity index (χ2n) is 7.73. The van der Waals surface area contributed by atoms with E-state index in [-0.39, 0.29) is 31.6 Å². The fraction of sp³-hybridized carbons (Fsp3) is 0.737. The fourth-order valence-corrected chi connectivity index (χ4v) is 3.66. The lowest BCUT2D eigenvalue weighted by atomic mass is 10.1. The topological polar surface area (TPSA) is 211 Å². The number of hydrogen-bond acceptors (Lipinski definition) is 8. The number of carbonyl (C=O) groups excluding carboxylic acids is 4. The molecule has 12 nitrogen and oxygen atoms in total. The van der Waals surface area contributed by atoms with Crippen molar-refractivity contribution < 1.29 is 29.1 Å². The van der Waals surface area contributed by atoms with Crippen molar-refractivity contribution in [3.8, 4) is 0 Å². The molecule has 4 unspecified atom stereocenters. The summed E-state index contributed by atoms with van der Waals surface area (Å²) in [6.45, 7) is 0.686. The number of carbonyl (C=O) groups is 5. The van der Waals surface area contributed by atoms with Gasteiger partial charge in [-0.25, -0.2) is 4.79 Å². The highest BCUT2D eigenvalue weighted by atomic mass is 32.1. The van der Waals surface area contributed by atoms with Crippen molar-refractivity contribution in [3.05, 3.63) is 0 Å². The van der Waals surface area contributed by atoms with Crippen LogP contribution in [0.3, 0.4) is 0 Å². The third-order valence-corrected chi connectivity index (χ3v) is 5.60. The predicted molar refractivity (Wildman–Crippen MR) is 119 cm³/mol. The number of nitrogens with two attached hydrogens (primary N) is 3. The SMILES string of the molecule is NCCCCC(NC(=O)C(N)CCC(N)=O)C(=O)NC(CS)C(=O)N1CCCC1C(=O)O. The van der Waals surface area contributed by atoms with Crippen LogP contribution in [0.15, 0.2) is 0 Å². The standard InChI is InChI=1S/C19H34N6O6S/c20-8-2-1-4-12(23-16(27)11(21)6-7-15(22)26)17(28)24-13(10-32)18(29)25-9-3-5-14(25)19(30)31/h11-14,32H,1-10,20-21H2,(H2,22,26)(H,23,27)(H,24,28)(H,30,31). The normalized spacial score (nSPS) is 18.5. The zero-order valence-corrected chi connectivity index (χ0v) is 18.9. The van der Waals surface area contributed by atoms with Gasteiger partial charge in [-0.3, -0.25) is 19.2 Å². The minimum absolute atomic E-state index is 0.0294. The number of thiol groups is 1. The molecule has 1 heterocycles. The number of nitrogens with one attached hydrogen (secondary N) is 2. The highest BCUT2D eigenvalue weighted by Gasteiger charge is 2.38. The average Bonchev–Trinajstić information content (AvgIpc) is 3.24. The average molecular weight is 475 g/mol. The summed E-state index contributed by atoms with van der Waals surface area (Å²) < 4.78 is 0. The monoisotopic (exact) mass is 474 g/mol. The molecule has 182 valence electrons. The number of unbranched alkanes of at least 4 members (excludes halogenated alkanes) is 1. The van der Waals surface area contributed by atoms with Crippen molar-refractivity contribution in [2.75, 3.05) is 18.8 Å². The van der Waals surface area contributed by atoms with Crippen LogP contribution in [0.2, 0.25) is 0 Å². The molecule has 1 aliphatic rings. The highest BCUT2D eigenvalue weighted by molar-refractivity contribution is 7.80. The molecule has 1 aliphatic heterocycles. The molecule has 4 atom stereocenters. The Bertz CT molecular complexity index is 693. The maximum atomic E-state index is 12.9. The van der Waals surface area contributed by atoms with Gasteiger partial charge in [0.1, 0.15) is 18.1 Å². The zero-order valence-electron chi connectivity index (χ0n) is 18.0. The van der Waals surface area contributed by atoms with E-state index in [4.69, 9.17) is 17.2 Å². The van der Waals surface area contributed by atoms with Crippen LogP contribution >= 0.6 is 12.6 Å². The van der Waals surface area contributed by atoms with Crippen molar-refractivity contribution in [1.29, 1.82) is 0 Å². The minimum atomic E-state index is -1.10. The molecule has 1 rings (SSSR count). The summed E-state index contributed by atoms with van der Waals surface area (Å²) in [7, 11) is 0. The number of rotatable bonds is 14. The number of carboxylic acid groups (broad SMARTS) is 1. The van der Waals surface area contributed by atoms with Gasteiger partial charge in [-0.05, 0) is 45.1 Å². The number of likely N-dealkylation sites (tertiary alicyclic amines) is 1. The Kier molecular flexibility index (Phi) is 12.0. The van der Waals surface area contributed by atoms with Gasteiger partial charge >= 0.3 is 5.97 Å². The Labute approximate surface area is 192 Å². The van der Waals surface area contributed by atoms with Gasteiger partial charge in [-0.15, -0.1) is 0 Å². The van der Waals surface area contributed by atoms with Gasteiger partial charge in [0.15, 0.2) is 0 Å². The van der Waals surface area contributed by atoms with Crippen molar-refractivity contribution in [2.45, 2.75) is 69.1 Å². The lowest BCUT2D eigenvalue weighted by Crippen LogP contribution is -2.57. The van der Waals surface area contributed by atoms with E-state index in [1.165, 1.54) is 4.90 Å². The molecule has 32 heavy (non-hydrogen) atoms. The Balaban J connectivity index is 2.83. The lowest BCUT2D eigenvalue weighted by molar-refractivity contribution is -0.149. The van der Waals surface area contributed by atoms with E-state index in [1.807, 2.05) is 0 Å². The third kappa shape index (κ3) is 8.63. The molecule has 0 radical (unpaired) electrons. The second-order valence-corrected chi connectivity index (χ2v) is 8.09. The van der Waals surface area contributed by atoms with Crippen molar-refractivity contribution in [3.63, 3.8) is 0 Å². The number of nitrogens with zero attached hydrogens (tertiary/aromatic N) is 1. The number of carboxylic acids is 1. The first-order valence-corrected chi connectivity index (χ1v) is 11.2. The minimum Gasteiger partial charge on any atom is -0.480 e. The van der Waals surface area contributed by atoms with Crippen molar-refractivity contribution in [1.82, 2.24) is 15.5 Å². The Morgan fingerprint density at radius 3 is 2.28 bits per heavy atom. The molecule has 0 aromatic rings. The van der Waals surface area contributed by atoms with Crippen LogP contribution < -0.4 is 27.8 Å². The highest BCUT2D eigenvalue weighted by Crippen LogP contribution is 2.19. The van der Waals surface area contributed by atoms with Crippen LogP contribution in [0.25, 0.3) is 0 Å². The van der Waals surface area contributed by atoms with Gasteiger partial charge in [0, 0.05) is 18.7 Å². The molecular formula is C19H34N6O6S. The third-order valence-electron chi connectivity index (χ3n) is 5.24. The molecule has 0 aromatic carbocycles. The Morgan fingerprint density at radius 1 is 1.06 bits per heavy atom. The van der Waals surface area contributed by atoms with Crippen LogP contribution in [0.1, 0.15) is 44.9 Å². The summed E-state index contributed by atoms with van der Waals surface area (Å²) in [5.74, 6) is -3.52. The number of amides is 4. The van der Waals surface area contributed by atoms with Crippen LogP contribution in [-0.4, -0.2) is 82.6 Å². The van der Waals surface area contributed by atoms with Gasteiger partial charge in [0.2, 0.25) is 23.6 Å². The van der Waals surface area contributed by atoms with E-state index < -0.39 is 53.8 Å². The maximum absolute atomic E-state index is 12.9. The van der Waals surface area contributed by atoms with Gasteiger partial charge < -0.3 is 37.8 Å².